The molecule has 0 radical (unpaired) electrons. The van der Waals surface area contributed by atoms with Gasteiger partial charge in [0.2, 0.25) is 5.91 Å². The summed E-state index contributed by atoms with van der Waals surface area (Å²) in [5.41, 5.74) is 0. The third kappa shape index (κ3) is 3.47. The molecule has 0 aromatic heterocycles. The molecule has 1 heterocycles. The normalized spacial score (nSPS) is 33.2. The van der Waals surface area contributed by atoms with Crippen LogP contribution in [0.5, 0.6) is 0 Å². The lowest BCUT2D eigenvalue weighted by Gasteiger charge is -2.24. The first-order valence-electron chi connectivity index (χ1n) is 7.62. The number of amides is 1. The first-order chi connectivity index (χ1) is 8.56. The molecule has 0 bridgehead atoms. The molecular formula is C15H28N2O. The Labute approximate surface area is 111 Å². The topological polar surface area (TPSA) is 41.1 Å². The van der Waals surface area contributed by atoms with E-state index in [1.54, 1.807) is 0 Å². The maximum absolute atomic E-state index is 12.2. The molecule has 0 spiro atoms. The maximum Gasteiger partial charge on any atom is 0.237 e. The van der Waals surface area contributed by atoms with Crippen LogP contribution < -0.4 is 10.6 Å². The Kier molecular flexibility index (Phi) is 4.66. The van der Waals surface area contributed by atoms with Crippen molar-refractivity contribution in [2.45, 2.75) is 77.4 Å². The van der Waals surface area contributed by atoms with E-state index in [4.69, 9.17) is 0 Å². The molecule has 2 aliphatic rings. The quantitative estimate of drug-likeness (QED) is 0.807. The maximum atomic E-state index is 12.2. The molecule has 1 saturated heterocycles. The Bertz CT molecular complexity index is 276. The van der Waals surface area contributed by atoms with E-state index >= 15 is 0 Å². The molecule has 3 heteroatoms. The highest BCUT2D eigenvalue weighted by atomic mass is 16.2. The van der Waals surface area contributed by atoms with Gasteiger partial charge in [-0.15, -0.1) is 0 Å². The standard InChI is InChI=1S/C15H28N2O/c1-10(2)8-11(3)16-15(18)14-9-12-6-4-5-7-13(12)17-14/h10-14,17H,4-9H2,1-3H3,(H,16,18). The van der Waals surface area contributed by atoms with Crippen molar-refractivity contribution in [3.8, 4) is 0 Å². The molecule has 2 fully saturated rings. The van der Waals surface area contributed by atoms with E-state index in [2.05, 4.69) is 31.4 Å². The number of hydrogen-bond donors (Lipinski definition) is 2. The fourth-order valence-corrected chi connectivity index (χ4v) is 3.63. The van der Waals surface area contributed by atoms with Gasteiger partial charge < -0.3 is 10.6 Å². The first-order valence-corrected chi connectivity index (χ1v) is 7.62. The van der Waals surface area contributed by atoms with Crippen LogP contribution >= 0.6 is 0 Å². The average Bonchev–Trinajstić information content (AvgIpc) is 2.71. The molecule has 104 valence electrons. The molecule has 1 amide bonds. The molecule has 2 rings (SSSR count). The van der Waals surface area contributed by atoms with Crippen LogP contribution in [-0.4, -0.2) is 24.0 Å². The Hall–Kier alpha value is -0.570. The van der Waals surface area contributed by atoms with Crippen LogP contribution in [0, 0.1) is 11.8 Å². The predicted molar refractivity (Wildman–Crippen MR) is 74.3 cm³/mol. The minimum Gasteiger partial charge on any atom is -0.352 e. The lowest BCUT2D eigenvalue weighted by atomic mass is 9.85. The van der Waals surface area contributed by atoms with E-state index in [0.29, 0.717) is 18.0 Å². The number of rotatable bonds is 4. The monoisotopic (exact) mass is 252 g/mol. The Morgan fingerprint density at radius 1 is 1.28 bits per heavy atom. The van der Waals surface area contributed by atoms with Gasteiger partial charge >= 0.3 is 0 Å². The number of fused-ring (bicyclic) bond motifs is 1. The zero-order valence-corrected chi connectivity index (χ0v) is 12.0. The van der Waals surface area contributed by atoms with Crippen molar-refractivity contribution in [3.05, 3.63) is 0 Å². The van der Waals surface area contributed by atoms with Crippen LogP contribution in [0.25, 0.3) is 0 Å². The van der Waals surface area contributed by atoms with E-state index < -0.39 is 0 Å². The second kappa shape index (κ2) is 6.05. The molecule has 4 unspecified atom stereocenters. The zero-order valence-electron chi connectivity index (χ0n) is 12.0. The van der Waals surface area contributed by atoms with Gasteiger partial charge in [-0.05, 0) is 44.4 Å². The summed E-state index contributed by atoms with van der Waals surface area (Å²) in [6.07, 6.45) is 7.35. The van der Waals surface area contributed by atoms with Gasteiger partial charge in [0.25, 0.3) is 0 Å². The lowest BCUT2D eigenvalue weighted by Crippen LogP contribution is -2.46. The molecule has 0 aromatic rings. The van der Waals surface area contributed by atoms with E-state index in [1.165, 1.54) is 25.7 Å². The highest BCUT2D eigenvalue weighted by Gasteiger charge is 2.38. The van der Waals surface area contributed by atoms with Gasteiger partial charge in [-0.2, -0.15) is 0 Å². The molecule has 4 atom stereocenters. The lowest BCUT2D eigenvalue weighted by molar-refractivity contribution is -0.123. The summed E-state index contributed by atoms with van der Waals surface area (Å²) in [5.74, 6) is 1.60. The second-order valence-corrected chi connectivity index (χ2v) is 6.65. The first kappa shape index (κ1) is 13.9. The van der Waals surface area contributed by atoms with Gasteiger partial charge in [-0.1, -0.05) is 26.7 Å². The zero-order chi connectivity index (χ0) is 13.1. The van der Waals surface area contributed by atoms with Crippen LogP contribution in [-0.2, 0) is 4.79 Å². The summed E-state index contributed by atoms with van der Waals surface area (Å²) in [7, 11) is 0. The van der Waals surface area contributed by atoms with Crippen molar-refractivity contribution >= 4 is 5.91 Å². The van der Waals surface area contributed by atoms with Crippen molar-refractivity contribution in [1.82, 2.24) is 10.6 Å². The fraction of sp³-hybridized carbons (Fsp3) is 0.933. The predicted octanol–water partition coefficient (Wildman–Crippen LogP) is 2.46. The summed E-state index contributed by atoms with van der Waals surface area (Å²) in [6.45, 7) is 6.51. The van der Waals surface area contributed by atoms with Gasteiger partial charge in [-0.3, -0.25) is 4.79 Å². The smallest absolute Gasteiger partial charge is 0.237 e. The molecule has 3 nitrogen and oxygen atoms in total. The minimum atomic E-state index is 0.0627. The summed E-state index contributed by atoms with van der Waals surface area (Å²) in [4.78, 5) is 12.2. The van der Waals surface area contributed by atoms with E-state index in [-0.39, 0.29) is 11.9 Å². The van der Waals surface area contributed by atoms with Crippen LogP contribution in [0.4, 0.5) is 0 Å². The summed E-state index contributed by atoms with van der Waals surface area (Å²) >= 11 is 0. The van der Waals surface area contributed by atoms with Crippen molar-refractivity contribution in [2.75, 3.05) is 0 Å². The highest BCUT2D eigenvalue weighted by Crippen LogP contribution is 2.33. The Morgan fingerprint density at radius 2 is 2.00 bits per heavy atom. The number of carbonyl (C=O) groups excluding carboxylic acids is 1. The molecule has 1 saturated carbocycles. The number of nitrogens with one attached hydrogen (secondary N) is 2. The van der Waals surface area contributed by atoms with E-state index in [1.807, 2.05) is 0 Å². The number of carbonyl (C=O) groups is 1. The molecule has 1 aliphatic carbocycles. The Balaban J connectivity index is 1.79. The molecular weight excluding hydrogens is 224 g/mol. The average molecular weight is 252 g/mol. The Morgan fingerprint density at radius 3 is 2.67 bits per heavy atom. The molecule has 1 aliphatic heterocycles. The van der Waals surface area contributed by atoms with Crippen LogP contribution in [0.15, 0.2) is 0 Å². The van der Waals surface area contributed by atoms with Crippen LogP contribution in [0.1, 0.15) is 59.3 Å². The van der Waals surface area contributed by atoms with E-state index in [9.17, 15) is 4.79 Å². The number of hydrogen-bond acceptors (Lipinski definition) is 2. The van der Waals surface area contributed by atoms with Gasteiger partial charge in [-0.25, -0.2) is 0 Å². The third-order valence-electron chi connectivity index (χ3n) is 4.39. The van der Waals surface area contributed by atoms with Crippen LogP contribution in [0.3, 0.4) is 0 Å². The fourth-order valence-electron chi connectivity index (χ4n) is 3.63. The summed E-state index contributed by atoms with van der Waals surface area (Å²) < 4.78 is 0. The largest absolute Gasteiger partial charge is 0.352 e. The second-order valence-electron chi connectivity index (χ2n) is 6.65. The highest BCUT2D eigenvalue weighted by molar-refractivity contribution is 5.82. The van der Waals surface area contributed by atoms with Crippen molar-refractivity contribution in [3.63, 3.8) is 0 Å². The molecule has 2 N–H and O–H groups in total. The summed E-state index contributed by atoms with van der Waals surface area (Å²) in [6, 6.07) is 0.963. The third-order valence-corrected chi connectivity index (χ3v) is 4.39. The SMILES string of the molecule is CC(C)CC(C)NC(=O)C1CC2CCCCC2N1. The van der Waals surface area contributed by atoms with E-state index in [0.717, 1.165) is 18.8 Å². The van der Waals surface area contributed by atoms with Gasteiger partial charge in [0.15, 0.2) is 0 Å². The molecule has 18 heavy (non-hydrogen) atoms. The van der Waals surface area contributed by atoms with Crippen LogP contribution in [0.2, 0.25) is 0 Å². The van der Waals surface area contributed by atoms with Gasteiger partial charge in [0.1, 0.15) is 0 Å². The van der Waals surface area contributed by atoms with Crippen molar-refractivity contribution < 1.29 is 4.79 Å². The van der Waals surface area contributed by atoms with Gasteiger partial charge in [0, 0.05) is 12.1 Å². The molecule has 0 aromatic carbocycles. The summed E-state index contributed by atoms with van der Waals surface area (Å²) in [5, 5.41) is 6.70. The van der Waals surface area contributed by atoms with Crippen molar-refractivity contribution in [1.29, 1.82) is 0 Å². The van der Waals surface area contributed by atoms with Crippen molar-refractivity contribution in [2.24, 2.45) is 11.8 Å². The minimum absolute atomic E-state index is 0.0627. The van der Waals surface area contributed by atoms with Gasteiger partial charge in [0.05, 0.1) is 6.04 Å².